The molecule has 2 aromatic heterocycles. The van der Waals surface area contributed by atoms with Gasteiger partial charge in [-0.3, -0.25) is 0 Å². The summed E-state index contributed by atoms with van der Waals surface area (Å²) in [6, 6.07) is 0. The Morgan fingerprint density at radius 3 is 3.07 bits per heavy atom. The summed E-state index contributed by atoms with van der Waals surface area (Å²) < 4.78 is 1.79. The smallest absolute Gasteiger partial charge is 0.145 e. The highest BCUT2D eigenvalue weighted by atomic mass is 35.5. The number of rotatable bonds is 1. The summed E-state index contributed by atoms with van der Waals surface area (Å²) in [4.78, 5) is 7.93. The van der Waals surface area contributed by atoms with Crippen molar-refractivity contribution in [1.29, 1.82) is 0 Å². The van der Waals surface area contributed by atoms with Crippen LogP contribution in [0.15, 0.2) is 17.7 Å². The molecule has 0 amide bonds. The molecule has 0 radical (unpaired) electrons. The maximum atomic E-state index is 8.46. The van der Waals surface area contributed by atoms with Crippen molar-refractivity contribution in [2.45, 2.75) is 0 Å². The molecule has 14 heavy (non-hydrogen) atoms. The van der Waals surface area contributed by atoms with Crippen LogP contribution in [-0.2, 0) is 7.05 Å². The Morgan fingerprint density at radius 1 is 1.57 bits per heavy atom. The van der Waals surface area contributed by atoms with Crippen LogP contribution in [-0.4, -0.2) is 26.0 Å². The molecular weight excluding hydrogens is 204 g/mol. The fourth-order valence-electron chi connectivity index (χ4n) is 1.37. The van der Waals surface area contributed by atoms with Gasteiger partial charge in [-0.05, 0) is 0 Å². The first-order chi connectivity index (χ1) is 6.74. The number of oxime groups is 1. The molecule has 0 atom stereocenters. The van der Waals surface area contributed by atoms with E-state index in [0.29, 0.717) is 21.7 Å². The van der Waals surface area contributed by atoms with E-state index in [0.717, 1.165) is 0 Å². The molecule has 0 bridgehead atoms. The molecular formula is C8H7ClN4O. The average Bonchev–Trinajstić information content (AvgIpc) is 2.46. The van der Waals surface area contributed by atoms with Crippen LogP contribution in [0.3, 0.4) is 0 Å². The van der Waals surface area contributed by atoms with Crippen LogP contribution in [0.25, 0.3) is 11.0 Å². The molecule has 1 N–H and O–H groups in total. The van der Waals surface area contributed by atoms with Gasteiger partial charge in [-0.1, -0.05) is 16.8 Å². The normalized spacial score (nSPS) is 11.6. The summed E-state index contributed by atoms with van der Waals surface area (Å²) >= 11 is 5.90. The number of hydrogen-bond acceptors (Lipinski definition) is 4. The van der Waals surface area contributed by atoms with Gasteiger partial charge in [0.2, 0.25) is 0 Å². The minimum atomic E-state index is 0.352. The molecule has 2 aromatic rings. The van der Waals surface area contributed by atoms with Crippen molar-refractivity contribution >= 4 is 28.8 Å². The fourth-order valence-corrected chi connectivity index (χ4v) is 1.60. The predicted octanol–water partition coefficient (Wildman–Crippen LogP) is 1.43. The van der Waals surface area contributed by atoms with E-state index in [-0.39, 0.29) is 0 Å². The molecule has 6 heteroatoms. The lowest BCUT2D eigenvalue weighted by molar-refractivity contribution is 0.322. The molecule has 72 valence electrons. The second-order valence-electron chi connectivity index (χ2n) is 2.80. The van der Waals surface area contributed by atoms with Gasteiger partial charge in [0.1, 0.15) is 17.1 Å². The summed E-state index contributed by atoms with van der Waals surface area (Å²) in [5.74, 6) is 0. The van der Waals surface area contributed by atoms with Crippen molar-refractivity contribution in [2.24, 2.45) is 12.2 Å². The number of halogens is 1. The molecule has 2 rings (SSSR count). The molecule has 5 nitrogen and oxygen atoms in total. The van der Waals surface area contributed by atoms with Crippen LogP contribution in [0.1, 0.15) is 5.56 Å². The first-order valence-corrected chi connectivity index (χ1v) is 4.25. The highest BCUT2D eigenvalue weighted by molar-refractivity contribution is 6.35. The van der Waals surface area contributed by atoms with Crippen LogP contribution >= 0.6 is 11.6 Å². The molecule has 2 heterocycles. The maximum Gasteiger partial charge on any atom is 0.145 e. The number of hydrogen-bond donors (Lipinski definition) is 1. The Bertz CT molecular complexity index is 505. The average molecular weight is 211 g/mol. The SMILES string of the molecule is Cn1cc(C=NO)c2c(Cl)ncnc21. The van der Waals surface area contributed by atoms with E-state index in [1.807, 2.05) is 7.05 Å². The third kappa shape index (κ3) is 1.22. The third-order valence-electron chi connectivity index (χ3n) is 1.93. The minimum Gasteiger partial charge on any atom is -0.411 e. The van der Waals surface area contributed by atoms with Crippen molar-refractivity contribution in [3.8, 4) is 0 Å². The van der Waals surface area contributed by atoms with Crippen LogP contribution in [0.4, 0.5) is 0 Å². The van der Waals surface area contributed by atoms with E-state index in [2.05, 4.69) is 15.1 Å². The van der Waals surface area contributed by atoms with Gasteiger partial charge in [0.15, 0.2) is 0 Å². The molecule has 0 aromatic carbocycles. The fraction of sp³-hybridized carbons (Fsp3) is 0.125. The lowest BCUT2D eigenvalue weighted by atomic mass is 10.3. The van der Waals surface area contributed by atoms with Crippen molar-refractivity contribution < 1.29 is 5.21 Å². The Labute approximate surface area is 84.6 Å². The van der Waals surface area contributed by atoms with E-state index in [1.165, 1.54) is 12.5 Å². The van der Waals surface area contributed by atoms with E-state index in [4.69, 9.17) is 16.8 Å². The standard InChI is InChI=1S/C8H7ClN4O/c1-13-3-5(2-12-14)6-7(9)10-4-11-8(6)13/h2-4,14H,1H3. The largest absolute Gasteiger partial charge is 0.411 e. The zero-order valence-electron chi connectivity index (χ0n) is 7.35. The van der Waals surface area contributed by atoms with Crippen molar-refractivity contribution in [2.75, 3.05) is 0 Å². The number of aromatic nitrogens is 3. The van der Waals surface area contributed by atoms with Crippen LogP contribution < -0.4 is 0 Å². The summed E-state index contributed by atoms with van der Waals surface area (Å²) in [5.41, 5.74) is 1.40. The van der Waals surface area contributed by atoms with Gasteiger partial charge in [0, 0.05) is 18.8 Å². The third-order valence-corrected chi connectivity index (χ3v) is 2.22. The predicted molar refractivity (Wildman–Crippen MR) is 52.9 cm³/mol. The Hall–Kier alpha value is -1.62. The van der Waals surface area contributed by atoms with Gasteiger partial charge >= 0.3 is 0 Å². The van der Waals surface area contributed by atoms with Gasteiger partial charge < -0.3 is 9.77 Å². The van der Waals surface area contributed by atoms with E-state index >= 15 is 0 Å². The molecule has 0 aliphatic carbocycles. The molecule has 0 fully saturated rings. The monoisotopic (exact) mass is 210 g/mol. The topological polar surface area (TPSA) is 63.3 Å². The van der Waals surface area contributed by atoms with E-state index in [1.54, 1.807) is 10.8 Å². The summed E-state index contributed by atoms with van der Waals surface area (Å²) in [7, 11) is 1.83. The molecule has 0 saturated carbocycles. The first kappa shape index (κ1) is 8.96. The van der Waals surface area contributed by atoms with Gasteiger partial charge in [0.05, 0.1) is 11.6 Å². The quantitative estimate of drug-likeness (QED) is 0.335. The van der Waals surface area contributed by atoms with Crippen LogP contribution in [0, 0.1) is 0 Å². The van der Waals surface area contributed by atoms with E-state index in [9.17, 15) is 0 Å². The highest BCUT2D eigenvalue weighted by Gasteiger charge is 2.10. The van der Waals surface area contributed by atoms with Gasteiger partial charge in [-0.2, -0.15) is 0 Å². The molecule has 0 spiro atoms. The lowest BCUT2D eigenvalue weighted by Crippen LogP contribution is -1.88. The van der Waals surface area contributed by atoms with Crippen molar-refractivity contribution in [3.63, 3.8) is 0 Å². The highest BCUT2D eigenvalue weighted by Crippen LogP contribution is 2.23. The van der Waals surface area contributed by atoms with Crippen molar-refractivity contribution in [1.82, 2.24) is 14.5 Å². The number of aryl methyl sites for hydroxylation is 1. The number of nitrogens with zero attached hydrogens (tertiary/aromatic N) is 4. The lowest BCUT2D eigenvalue weighted by Gasteiger charge is -1.94. The van der Waals surface area contributed by atoms with Gasteiger partial charge in [0.25, 0.3) is 0 Å². The molecule has 0 aliphatic rings. The summed E-state index contributed by atoms with van der Waals surface area (Å²) in [5, 5.41) is 12.5. The Kier molecular flexibility index (Phi) is 2.09. The molecule has 0 unspecified atom stereocenters. The molecule has 0 aliphatic heterocycles. The second-order valence-corrected chi connectivity index (χ2v) is 3.16. The van der Waals surface area contributed by atoms with Gasteiger partial charge in [-0.15, -0.1) is 0 Å². The molecule has 0 saturated heterocycles. The van der Waals surface area contributed by atoms with Crippen LogP contribution in [0.2, 0.25) is 5.15 Å². The minimum absolute atomic E-state index is 0.352. The summed E-state index contributed by atoms with van der Waals surface area (Å²) in [6.45, 7) is 0. The number of fused-ring (bicyclic) bond motifs is 1. The Morgan fingerprint density at radius 2 is 2.36 bits per heavy atom. The van der Waals surface area contributed by atoms with E-state index < -0.39 is 0 Å². The zero-order valence-corrected chi connectivity index (χ0v) is 8.10. The zero-order chi connectivity index (χ0) is 10.1. The Balaban J connectivity index is 2.85. The van der Waals surface area contributed by atoms with Gasteiger partial charge in [-0.25, -0.2) is 9.97 Å². The maximum absolute atomic E-state index is 8.46. The summed E-state index contributed by atoms with van der Waals surface area (Å²) in [6.07, 6.45) is 4.47. The van der Waals surface area contributed by atoms with Crippen molar-refractivity contribution in [3.05, 3.63) is 23.2 Å². The van der Waals surface area contributed by atoms with Crippen LogP contribution in [0.5, 0.6) is 0 Å². The first-order valence-electron chi connectivity index (χ1n) is 3.87. The second kappa shape index (κ2) is 3.26.